The Morgan fingerprint density at radius 3 is 2.40 bits per heavy atom. The van der Waals surface area contributed by atoms with Crippen LogP contribution in [0.1, 0.15) is 10.4 Å². The largest absolute Gasteiger partial charge is 0.378 e. The Kier molecular flexibility index (Phi) is 4.39. The quantitative estimate of drug-likeness (QED) is 0.921. The van der Waals surface area contributed by atoms with Crippen molar-refractivity contribution < 1.29 is 9.18 Å². The first-order chi connectivity index (χ1) is 9.47. The SMILES string of the molecule is CN(C)c1ccc(NC(=O)c2cc(F)ccc2Br)cc1. The van der Waals surface area contributed by atoms with Gasteiger partial charge < -0.3 is 10.2 Å². The molecule has 0 aliphatic carbocycles. The highest BCUT2D eigenvalue weighted by Crippen LogP contribution is 2.20. The molecule has 1 N–H and O–H groups in total. The van der Waals surface area contributed by atoms with Gasteiger partial charge in [-0.1, -0.05) is 0 Å². The molecule has 0 heterocycles. The van der Waals surface area contributed by atoms with Gasteiger partial charge in [-0.3, -0.25) is 4.79 Å². The van der Waals surface area contributed by atoms with Gasteiger partial charge >= 0.3 is 0 Å². The number of benzene rings is 2. The second-order valence-electron chi connectivity index (χ2n) is 4.52. The zero-order valence-corrected chi connectivity index (χ0v) is 12.7. The second-order valence-corrected chi connectivity index (χ2v) is 5.37. The number of rotatable bonds is 3. The summed E-state index contributed by atoms with van der Waals surface area (Å²) in [5, 5.41) is 2.74. The molecule has 0 aromatic heterocycles. The summed E-state index contributed by atoms with van der Waals surface area (Å²) in [6, 6.07) is 11.4. The number of nitrogens with one attached hydrogen (secondary N) is 1. The van der Waals surface area contributed by atoms with E-state index in [9.17, 15) is 9.18 Å². The lowest BCUT2D eigenvalue weighted by Crippen LogP contribution is -2.13. The lowest BCUT2D eigenvalue weighted by Gasteiger charge is -2.13. The number of amides is 1. The Morgan fingerprint density at radius 1 is 1.15 bits per heavy atom. The number of anilines is 2. The summed E-state index contributed by atoms with van der Waals surface area (Å²) < 4.78 is 13.7. The van der Waals surface area contributed by atoms with Crippen molar-refractivity contribution in [2.75, 3.05) is 24.3 Å². The average molecular weight is 337 g/mol. The number of carbonyl (C=O) groups excluding carboxylic acids is 1. The maximum Gasteiger partial charge on any atom is 0.256 e. The molecule has 2 aromatic rings. The summed E-state index contributed by atoms with van der Waals surface area (Å²) in [6.07, 6.45) is 0. The molecular formula is C15H14BrFN2O. The molecule has 0 unspecified atom stereocenters. The zero-order valence-electron chi connectivity index (χ0n) is 11.2. The van der Waals surface area contributed by atoms with E-state index in [4.69, 9.17) is 0 Å². The smallest absolute Gasteiger partial charge is 0.256 e. The standard InChI is InChI=1S/C15H14BrFN2O/c1-19(2)12-6-4-11(5-7-12)18-15(20)13-9-10(17)3-8-14(13)16/h3-9H,1-2H3,(H,18,20). The van der Waals surface area contributed by atoms with E-state index in [-0.39, 0.29) is 11.5 Å². The van der Waals surface area contributed by atoms with Gasteiger partial charge in [0.25, 0.3) is 5.91 Å². The minimum Gasteiger partial charge on any atom is -0.378 e. The van der Waals surface area contributed by atoms with E-state index >= 15 is 0 Å². The van der Waals surface area contributed by atoms with Crippen LogP contribution >= 0.6 is 15.9 Å². The van der Waals surface area contributed by atoms with Crippen LogP contribution in [0, 0.1) is 5.82 Å². The van der Waals surface area contributed by atoms with Crippen LogP contribution in [-0.4, -0.2) is 20.0 Å². The van der Waals surface area contributed by atoms with Crippen molar-refractivity contribution >= 4 is 33.2 Å². The van der Waals surface area contributed by atoms with E-state index in [1.165, 1.54) is 18.2 Å². The van der Waals surface area contributed by atoms with Gasteiger partial charge in [0.2, 0.25) is 0 Å². The highest BCUT2D eigenvalue weighted by molar-refractivity contribution is 9.10. The van der Waals surface area contributed by atoms with Gasteiger partial charge in [0.05, 0.1) is 5.56 Å². The van der Waals surface area contributed by atoms with Crippen LogP contribution in [-0.2, 0) is 0 Å². The third kappa shape index (κ3) is 3.36. The first-order valence-electron chi connectivity index (χ1n) is 6.01. The molecule has 0 aliphatic heterocycles. The molecular weight excluding hydrogens is 323 g/mol. The fraction of sp³-hybridized carbons (Fsp3) is 0.133. The van der Waals surface area contributed by atoms with Gasteiger partial charge in [-0.25, -0.2) is 4.39 Å². The van der Waals surface area contributed by atoms with Crippen molar-refractivity contribution in [2.45, 2.75) is 0 Å². The highest BCUT2D eigenvalue weighted by Gasteiger charge is 2.11. The van der Waals surface area contributed by atoms with Crippen LogP contribution in [0.4, 0.5) is 15.8 Å². The summed E-state index contributed by atoms with van der Waals surface area (Å²) in [4.78, 5) is 14.1. The maximum atomic E-state index is 13.2. The van der Waals surface area contributed by atoms with Crippen molar-refractivity contribution in [1.29, 1.82) is 0 Å². The Morgan fingerprint density at radius 2 is 1.80 bits per heavy atom. The third-order valence-corrected chi connectivity index (χ3v) is 3.51. The Hall–Kier alpha value is -1.88. The molecule has 20 heavy (non-hydrogen) atoms. The van der Waals surface area contributed by atoms with Crippen LogP contribution in [0.15, 0.2) is 46.9 Å². The minimum absolute atomic E-state index is 0.265. The van der Waals surface area contributed by atoms with Crippen molar-refractivity contribution in [2.24, 2.45) is 0 Å². The summed E-state index contributed by atoms with van der Waals surface area (Å²) in [5.74, 6) is -0.796. The number of nitrogens with zero attached hydrogens (tertiary/aromatic N) is 1. The fourth-order valence-electron chi connectivity index (χ4n) is 1.71. The van der Waals surface area contributed by atoms with Gasteiger partial charge in [-0.2, -0.15) is 0 Å². The van der Waals surface area contributed by atoms with Crippen LogP contribution in [0.5, 0.6) is 0 Å². The van der Waals surface area contributed by atoms with E-state index in [0.717, 1.165) is 5.69 Å². The van der Waals surface area contributed by atoms with Crippen molar-refractivity contribution in [3.63, 3.8) is 0 Å². The predicted molar refractivity (Wildman–Crippen MR) is 82.8 cm³/mol. The maximum absolute atomic E-state index is 13.2. The van der Waals surface area contributed by atoms with Gasteiger partial charge in [-0.05, 0) is 58.4 Å². The Bertz CT molecular complexity index is 626. The van der Waals surface area contributed by atoms with Crippen LogP contribution in [0.25, 0.3) is 0 Å². The highest BCUT2D eigenvalue weighted by atomic mass is 79.9. The molecule has 0 saturated heterocycles. The number of hydrogen-bond acceptors (Lipinski definition) is 2. The average Bonchev–Trinajstić information content (AvgIpc) is 2.42. The third-order valence-electron chi connectivity index (χ3n) is 2.81. The number of halogens is 2. The van der Waals surface area contributed by atoms with E-state index in [1.807, 2.05) is 31.1 Å². The molecule has 0 aliphatic rings. The van der Waals surface area contributed by atoms with Crippen molar-refractivity contribution in [1.82, 2.24) is 0 Å². The summed E-state index contributed by atoms with van der Waals surface area (Å²) in [6.45, 7) is 0. The molecule has 0 radical (unpaired) electrons. The molecule has 1 amide bonds. The molecule has 2 rings (SSSR count). The van der Waals surface area contributed by atoms with Gasteiger partial charge in [0.1, 0.15) is 5.82 Å². The molecule has 3 nitrogen and oxygen atoms in total. The van der Waals surface area contributed by atoms with Crippen LogP contribution < -0.4 is 10.2 Å². The monoisotopic (exact) mass is 336 g/mol. The topological polar surface area (TPSA) is 32.3 Å². The van der Waals surface area contributed by atoms with Crippen molar-refractivity contribution in [3.8, 4) is 0 Å². The molecule has 0 bridgehead atoms. The van der Waals surface area contributed by atoms with Crippen LogP contribution in [0.3, 0.4) is 0 Å². The van der Waals surface area contributed by atoms with Gasteiger partial charge in [-0.15, -0.1) is 0 Å². The summed E-state index contributed by atoms with van der Waals surface area (Å²) in [7, 11) is 3.88. The normalized spacial score (nSPS) is 10.2. The zero-order chi connectivity index (χ0) is 14.7. The Balaban J connectivity index is 2.17. The lowest BCUT2D eigenvalue weighted by atomic mass is 10.2. The summed E-state index contributed by atoms with van der Waals surface area (Å²) >= 11 is 3.24. The molecule has 0 atom stereocenters. The van der Waals surface area contributed by atoms with Crippen LogP contribution in [0.2, 0.25) is 0 Å². The van der Waals surface area contributed by atoms with E-state index in [0.29, 0.717) is 10.2 Å². The van der Waals surface area contributed by atoms with Gasteiger partial charge in [0.15, 0.2) is 0 Å². The molecule has 2 aromatic carbocycles. The Labute approximate surface area is 125 Å². The second kappa shape index (κ2) is 6.05. The summed E-state index contributed by atoms with van der Waals surface area (Å²) in [5.41, 5.74) is 1.97. The van der Waals surface area contributed by atoms with Gasteiger partial charge in [0, 0.05) is 29.9 Å². The number of carbonyl (C=O) groups is 1. The van der Waals surface area contributed by atoms with E-state index in [1.54, 1.807) is 12.1 Å². The minimum atomic E-state index is -0.443. The molecule has 104 valence electrons. The molecule has 0 fully saturated rings. The molecule has 0 spiro atoms. The molecule has 5 heteroatoms. The number of hydrogen-bond donors (Lipinski definition) is 1. The van der Waals surface area contributed by atoms with Crippen molar-refractivity contribution in [3.05, 3.63) is 58.3 Å². The first kappa shape index (κ1) is 14.5. The first-order valence-corrected chi connectivity index (χ1v) is 6.80. The fourth-order valence-corrected chi connectivity index (χ4v) is 2.14. The lowest BCUT2D eigenvalue weighted by molar-refractivity contribution is 0.102. The van der Waals surface area contributed by atoms with E-state index in [2.05, 4.69) is 21.2 Å². The molecule has 0 saturated carbocycles. The van der Waals surface area contributed by atoms with E-state index < -0.39 is 5.82 Å². The predicted octanol–water partition coefficient (Wildman–Crippen LogP) is 3.91.